The first kappa shape index (κ1) is 31.2. The summed E-state index contributed by atoms with van der Waals surface area (Å²) >= 11 is 0. The zero-order valence-corrected chi connectivity index (χ0v) is 22.0. The number of hydrogen-bond acceptors (Lipinski definition) is 3. The number of urea groups is 1. The van der Waals surface area contributed by atoms with Crippen molar-refractivity contribution < 1.29 is 45.4 Å². The van der Waals surface area contributed by atoms with Crippen LogP contribution in [0.3, 0.4) is 0 Å². The molecule has 13 heteroatoms. The van der Waals surface area contributed by atoms with Crippen molar-refractivity contribution >= 4 is 11.9 Å². The molecule has 0 aliphatic carbocycles. The highest BCUT2D eigenvalue weighted by Gasteiger charge is 2.40. The van der Waals surface area contributed by atoms with Gasteiger partial charge in [-0.3, -0.25) is 4.79 Å². The molecule has 1 aliphatic rings. The second-order valence-corrected chi connectivity index (χ2v) is 9.85. The minimum absolute atomic E-state index is 0.0258. The molecule has 1 heterocycles. The molecule has 40 heavy (non-hydrogen) atoms. The van der Waals surface area contributed by atoms with Crippen molar-refractivity contribution in [1.82, 2.24) is 15.1 Å². The number of likely N-dealkylation sites (tertiary alicyclic amines) is 1. The van der Waals surface area contributed by atoms with Crippen LogP contribution in [-0.4, -0.2) is 53.6 Å². The number of aryl methyl sites for hydroxylation is 1. The standard InChI is InChI=1S/C27H30F7N3O3/c1-15-10-21(28)4-5-22(15)23-13-17(24(39)35-7-9-38)6-8-37(23)25(40)36(3)16(2)18-11-19(26(29,30)31)14-20(12-18)27(32,33)34/h4-5,10-12,14,16-17,23,38H,6-9,13H2,1-3H3,(H,35,39)/t16-,17-,23+/m0/s1. The lowest BCUT2D eigenvalue weighted by molar-refractivity contribution is -0.143. The van der Waals surface area contributed by atoms with Gasteiger partial charge in [-0.05, 0) is 73.7 Å². The summed E-state index contributed by atoms with van der Waals surface area (Å²) in [6, 6.07) is 2.56. The van der Waals surface area contributed by atoms with Gasteiger partial charge in [0.25, 0.3) is 0 Å². The third-order valence-corrected chi connectivity index (χ3v) is 7.20. The number of alkyl halides is 6. The van der Waals surface area contributed by atoms with Gasteiger partial charge in [0.1, 0.15) is 5.82 Å². The molecule has 1 aliphatic heterocycles. The Bertz CT molecular complexity index is 1200. The van der Waals surface area contributed by atoms with E-state index in [2.05, 4.69) is 5.32 Å². The first-order chi connectivity index (χ1) is 18.5. The van der Waals surface area contributed by atoms with Crippen LogP contribution in [0, 0.1) is 18.7 Å². The zero-order chi connectivity index (χ0) is 30.0. The van der Waals surface area contributed by atoms with Crippen molar-refractivity contribution in [3.8, 4) is 0 Å². The van der Waals surface area contributed by atoms with Crippen LogP contribution in [0.5, 0.6) is 0 Å². The largest absolute Gasteiger partial charge is 0.416 e. The monoisotopic (exact) mass is 577 g/mol. The van der Waals surface area contributed by atoms with Gasteiger partial charge >= 0.3 is 18.4 Å². The molecule has 6 nitrogen and oxygen atoms in total. The van der Waals surface area contributed by atoms with E-state index in [1.165, 1.54) is 37.1 Å². The van der Waals surface area contributed by atoms with Crippen LogP contribution in [0.15, 0.2) is 36.4 Å². The predicted octanol–water partition coefficient (Wildman–Crippen LogP) is 5.85. The Balaban J connectivity index is 1.96. The number of aliphatic hydroxyl groups excluding tert-OH is 1. The van der Waals surface area contributed by atoms with Crippen molar-refractivity contribution in [2.75, 3.05) is 26.7 Å². The first-order valence-electron chi connectivity index (χ1n) is 12.5. The molecule has 0 aromatic heterocycles. The minimum atomic E-state index is -5.04. The number of carbonyl (C=O) groups excluding carboxylic acids is 2. The summed E-state index contributed by atoms with van der Waals surface area (Å²) < 4.78 is 94.3. The number of nitrogens with one attached hydrogen (secondary N) is 1. The Morgan fingerprint density at radius 1 is 1.07 bits per heavy atom. The Hall–Kier alpha value is -3.35. The quantitative estimate of drug-likeness (QED) is 0.424. The van der Waals surface area contributed by atoms with Crippen molar-refractivity contribution in [3.63, 3.8) is 0 Å². The maximum absolute atomic E-state index is 13.8. The molecule has 0 unspecified atom stereocenters. The third-order valence-electron chi connectivity index (χ3n) is 7.20. The van der Waals surface area contributed by atoms with Crippen LogP contribution in [0.25, 0.3) is 0 Å². The fourth-order valence-corrected chi connectivity index (χ4v) is 4.88. The normalized spacial score (nSPS) is 18.8. The molecule has 0 radical (unpaired) electrons. The lowest BCUT2D eigenvalue weighted by Gasteiger charge is -2.42. The van der Waals surface area contributed by atoms with Crippen molar-refractivity contribution in [3.05, 3.63) is 70.0 Å². The summed E-state index contributed by atoms with van der Waals surface area (Å²) in [7, 11) is 1.27. The van der Waals surface area contributed by atoms with Crippen LogP contribution < -0.4 is 5.32 Å². The van der Waals surface area contributed by atoms with Crippen LogP contribution in [0.2, 0.25) is 0 Å². The van der Waals surface area contributed by atoms with Crippen LogP contribution >= 0.6 is 0 Å². The van der Waals surface area contributed by atoms with E-state index < -0.39 is 53.3 Å². The van der Waals surface area contributed by atoms with Gasteiger partial charge in [0.2, 0.25) is 5.91 Å². The molecule has 220 valence electrons. The van der Waals surface area contributed by atoms with Gasteiger partial charge < -0.3 is 20.2 Å². The summed E-state index contributed by atoms with van der Waals surface area (Å²) in [5.41, 5.74) is -2.28. The van der Waals surface area contributed by atoms with E-state index >= 15 is 0 Å². The number of amides is 3. The summed E-state index contributed by atoms with van der Waals surface area (Å²) in [4.78, 5) is 28.8. The highest BCUT2D eigenvalue weighted by atomic mass is 19.4. The number of rotatable bonds is 6. The van der Waals surface area contributed by atoms with E-state index in [-0.39, 0.29) is 50.1 Å². The molecule has 3 atom stereocenters. The van der Waals surface area contributed by atoms with Crippen LogP contribution in [0.4, 0.5) is 35.5 Å². The predicted molar refractivity (Wildman–Crippen MR) is 131 cm³/mol. The van der Waals surface area contributed by atoms with Crippen molar-refractivity contribution in [1.29, 1.82) is 0 Å². The number of nitrogens with zero attached hydrogens (tertiary/aromatic N) is 2. The van der Waals surface area contributed by atoms with Gasteiger partial charge in [0.15, 0.2) is 0 Å². The highest BCUT2D eigenvalue weighted by molar-refractivity contribution is 5.80. The van der Waals surface area contributed by atoms with Crippen LogP contribution in [-0.2, 0) is 17.1 Å². The van der Waals surface area contributed by atoms with Gasteiger partial charge in [-0.25, -0.2) is 9.18 Å². The molecule has 2 aromatic rings. The number of carbonyl (C=O) groups is 2. The molecule has 3 amide bonds. The fraction of sp³-hybridized carbons (Fsp3) is 0.481. The third kappa shape index (κ3) is 7.04. The Morgan fingerprint density at radius 3 is 2.20 bits per heavy atom. The lowest BCUT2D eigenvalue weighted by atomic mass is 9.85. The molecule has 0 saturated carbocycles. The SMILES string of the molecule is Cc1cc(F)ccc1[C@H]1C[C@@H](C(=O)NCCO)CCN1C(=O)N(C)[C@@H](C)c1cc(C(F)(F)F)cc(C(F)(F)F)c1. The van der Waals surface area contributed by atoms with Gasteiger partial charge in [-0.1, -0.05) is 6.07 Å². The smallest absolute Gasteiger partial charge is 0.395 e. The average Bonchev–Trinajstić information content (AvgIpc) is 2.89. The summed E-state index contributed by atoms with van der Waals surface area (Å²) in [5.74, 6) is -1.40. The summed E-state index contributed by atoms with van der Waals surface area (Å²) in [6.07, 6.45) is -9.72. The zero-order valence-electron chi connectivity index (χ0n) is 22.0. The Kier molecular flexibility index (Phi) is 9.38. The minimum Gasteiger partial charge on any atom is -0.395 e. The second kappa shape index (κ2) is 12.0. The Morgan fingerprint density at radius 2 is 1.68 bits per heavy atom. The van der Waals surface area contributed by atoms with Crippen LogP contribution in [0.1, 0.15) is 59.7 Å². The highest BCUT2D eigenvalue weighted by Crippen LogP contribution is 2.40. The molecular formula is C27H30F7N3O3. The molecule has 2 aromatic carbocycles. The van der Waals surface area contributed by atoms with Crippen molar-refractivity contribution in [2.24, 2.45) is 5.92 Å². The summed E-state index contributed by atoms with van der Waals surface area (Å²) in [5, 5.41) is 11.6. The van der Waals surface area contributed by atoms with E-state index in [4.69, 9.17) is 5.11 Å². The molecule has 1 fully saturated rings. The maximum Gasteiger partial charge on any atom is 0.416 e. The van der Waals surface area contributed by atoms with E-state index in [0.29, 0.717) is 23.3 Å². The number of benzene rings is 2. The van der Waals surface area contributed by atoms with Gasteiger partial charge in [-0.15, -0.1) is 0 Å². The first-order valence-corrected chi connectivity index (χ1v) is 12.5. The maximum atomic E-state index is 13.8. The molecule has 0 bridgehead atoms. The number of halogens is 7. The summed E-state index contributed by atoms with van der Waals surface area (Å²) in [6.45, 7) is 2.77. The number of hydrogen-bond donors (Lipinski definition) is 2. The van der Waals surface area contributed by atoms with Gasteiger partial charge in [0, 0.05) is 26.1 Å². The lowest BCUT2D eigenvalue weighted by Crippen LogP contribution is -2.49. The van der Waals surface area contributed by atoms with E-state index in [0.717, 1.165) is 4.90 Å². The van der Waals surface area contributed by atoms with Gasteiger partial charge in [-0.2, -0.15) is 26.3 Å². The molecule has 2 N–H and O–H groups in total. The van der Waals surface area contributed by atoms with Gasteiger partial charge in [0.05, 0.1) is 29.8 Å². The molecule has 0 spiro atoms. The molecule has 3 rings (SSSR count). The molecule has 1 saturated heterocycles. The topological polar surface area (TPSA) is 72.9 Å². The Labute approximate surface area is 226 Å². The number of piperidine rings is 1. The van der Waals surface area contributed by atoms with E-state index in [1.807, 2.05) is 0 Å². The fourth-order valence-electron chi connectivity index (χ4n) is 4.88. The second-order valence-electron chi connectivity index (χ2n) is 9.85. The number of aliphatic hydroxyl groups is 1. The van der Waals surface area contributed by atoms with Crippen molar-refractivity contribution in [2.45, 2.75) is 51.1 Å². The molecular weight excluding hydrogens is 547 g/mol. The average molecular weight is 578 g/mol. The van der Waals surface area contributed by atoms with E-state index in [1.54, 1.807) is 6.92 Å². The van der Waals surface area contributed by atoms with E-state index in [9.17, 15) is 40.3 Å².